The highest BCUT2D eigenvalue weighted by Crippen LogP contribution is 2.40. The molecule has 1 aliphatic heterocycles. The quantitative estimate of drug-likeness (QED) is 0.636. The second kappa shape index (κ2) is 10.2. The van der Waals surface area contributed by atoms with Crippen LogP contribution in [-0.2, 0) is 10.2 Å². The highest BCUT2D eigenvalue weighted by Gasteiger charge is 2.28. The van der Waals surface area contributed by atoms with E-state index in [1.165, 1.54) is 26.0 Å². The minimum absolute atomic E-state index is 0.107. The lowest BCUT2D eigenvalue weighted by molar-refractivity contribution is -0.119. The van der Waals surface area contributed by atoms with E-state index in [1.54, 1.807) is 25.1 Å². The van der Waals surface area contributed by atoms with Crippen LogP contribution in [0.25, 0.3) is 0 Å². The fourth-order valence-corrected chi connectivity index (χ4v) is 3.60. The largest absolute Gasteiger partial charge is 0.493 e. The number of hydrogen-bond donors (Lipinski definition) is 2. The number of hydrogen-bond acceptors (Lipinski definition) is 7. The van der Waals surface area contributed by atoms with Gasteiger partial charge in [0, 0.05) is 29.3 Å². The van der Waals surface area contributed by atoms with Crippen LogP contribution in [0.3, 0.4) is 0 Å². The standard InChI is InChI=1S/C24H32N6O5/c1-9-15-13(2)25-22(28-21(15)31)30-19(12-18(29-30)24(3,4)5)27-23(32)26-14-10-16(33-6)20(35-8)17(11-14)34-7/h10-12,15H,9H2,1-8H3,(H2,26,27,32). The molecule has 188 valence electrons. The van der Waals surface area contributed by atoms with Gasteiger partial charge in [-0.05, 0) is 13.3 Å². The van der Waals surface area contributed by atoms with Crippen molar-refractivity contribution in [3.8, 4) is 17.2 Å². The van der Waals surface area contributed by atoms with E-state index < -0.39 is 6.03 Å². The summed E-state index contributed by atoms with van der Waals surface area (Å²) in [7, 11) is 4.48. The molecular weight excluding hydrogens is 452 g/mol. The molecule has 1 aromatic carbocycles. The van der Waals surface area contributed by atoms with Gasteiger partial charge in [0.05, 0.1) is 38.6 Å². The number of carbonyl (C=O) groups excluding carboxylic acids is 2. The minimum atomic E-state index is -0.546. The molecule has 35 heavy (non-hydrogen) atoms. The third-order valence-electron chi connectivity index (χ3n) is 5.53. The number of carbonyl (C=O) groups is 2. The maximum absolute atomic E-state index is 12.9. The third-order valence-corrected chi connectivity index (χ3v) is 5.53. The smallest absolute Gasteiger partial charge is 0.324 e. The van der Waals surface area contributed by atoms with Gasteiger partial charge >= 0.3 is 6.03 Å². The molecule has 1 unspecified atom stereocenters. The number of aromatic nitrogens is 2. The van der Waals surface area contributed by atoms with Crippen molar-refractivity contribution in [2.24, 2.45) is 15.9 Å². The molecule has 3 rings (SSSR count). The first-order valence-electron chi connectivity index (χ1n) is 11.2. The van der Waals surface area contributed by atoms with Gasteiger partial charge in [0.25, 0.3) is 11.9 Å². The van der Waals surface area contributed by atoms with Gasteiger partial charge in [-0.25, -0.2) is 9.79 Å². The molecule has 0 saturated carbocycles. The minimum Gasteiger partial charge on any atom is -0.493 e. The summed E-state index contributed by atoms with van der Waals surface area (Å²) < 4.78 is 17.4. The maximum Gasteiger partial charge on any atom is 0.324 e. The van der Waals surface area contributed by atoms with E-state index in [0.29, 0.717) is 46.6 Å². The van der Waals surface area contributed by atoms with Crippen LogP contribution in [0.4, 0.5) is 16.3 Å². The summed E-state index contributed by atoms with van der Waals surface area (Å²) in [5.74, 6) is 0.994. The average molecular weight is 485 g/mol. The highest BCUT2D eigenvalue weighted by molar-refractivity contribution is 6.15. The lowest BCUT2D eigenvalue weighted by Crippen LogP contribution is -2.31. The zero-order chi connectivity index (χ0) is 25.9. The van der Waals surface area contributed by atoms with Gasteiger partial charge in [-0.1, -0.05) is 27.7 Å². The lowest BCUT2D eigenvalue weighted by atomic mass is 9.92. The maximum atomic E-state index is 12.9. The van der Waals surface area contributed by atoms with Crippen LogP contribution in [0.2, 0.25) is 0 Å². The predicted molar refractivity (Wildman–Crippen MR) is 134 cm³/mol. The second-order valence-corrected chi connectivity index (χ2v) is 9.03. The summed E-state index contributed by atoms with van der Waals surface area (Å²) in [5, 5.41) is 10.1. The van der Waals surface area contributed by atoms with Crippen LogP contribution in [0.15, 0.2) is 28.2 Å². The number of nitrogens with zero attached hydrogens (tertiary/aromatic N) is 4. The second-order valence-electron chi connectivity index (χ2n) is 9.03. The van der Waals surface area contributed by atoms with Crippen molar-refractivity contribution in [1.82, 2.24) is 9.78 Å². The highest BCUT2D eigenvalue weighted by atomic mass is 16.5. The number of benzene rings is 1. The van der Waals surface area contributed by atoms with E-state index >= 15 is 0 Å². The molecular formula is C24H32N6O5. The topological polar surface area (TPSA) is 128 Å². The number of ether oxygens (including phenoxy) is 3. The zero-order valence-electron chi connectivity index (χ0n) is 21.3. The molecule has 2 aromatic rings. The summed E-state index contributed by atoms with van der Waals surface area (Å²) in [6.07, 6.45) is 0.611. The first-order valence-corrected chi connectivity index (χ1v) is 11.2. The van der Waals surface area contributed by atoms with E-state index in [0.717, 1.165) is 0 Å². The fraction of sp³-hybridized carbons (Fsp3) is 0.458. The Morgan fingerprint density at radius 2 is 1.66 bits per heavy atom. The number of nitrogens with one attached hydrogen (secondary N) is 2. The first-order chi connectivity index (χ1) is 16.5. The monoisotopic (exact) mass is 484 g/mol. The predicted octanol–water partition coefficient (Wildman–Crippen LogP) is 4.08. The van der Waals surface area contributed by atoms with Crippen molar-refractivity contribution in [1.29, 1.82) is 0 Å². The number of methoxy groups -OCH3 is 3. The van der Waals surface area contributed by atoms with Crippen molar-refractivity contribution < 1.29 is 23.8 Å². The Labute approximate surface area is 204 Å². The van der Waals surface area contributed by atoms with Crippen LogP contribution < -0.4 is 24.8 Å². The Bertz CT molecular complexity index is 1170. The Morgan fingerprint density at radius 1 is 1.03 bits per heavy atom. The Kier molecular flexibility index (Phi) is 7.47. The Balaban J connectivity index is 1.94. The Hall–Kier alpha value is -3.89. The van der Waals surface area contributed by atoms with Crippen molar-refractivity contribution in [3.63, 3.8) is 0 Å². The molecule has 11 heteroatoms. The average Bonchev–Trinajstić information content (AvgIpc) is 3.22. The third kappa shape index (κ3) is 5.44. The van der Waals surface area contributed by atoms with E-state index in [1.807, 2.05) is 27.7 Å². The van der Waals surface area contributed by atoms with E-state index in [9.17, 15) is 9.59 Å². The van der Waals surface area contributed by atoms with Crippen LogP contribution in [-0.4, -0.2) is 54.7 Å². The van der Waals surface area contributed by atoms with Crippen molar-refractivity contribution in [2.75, 3.05) is 32.0 Å². The van der Waals surface area contributed by atoms with E-state index in [-0.39, 0.29) is 23.2 Å². The van der Waals surface area contributed by atoms with Crippen LogP contribution in [0.1, 0.15) is 46.7 Å². The first kappa shape index (κ1) is 25.7. The summed E-state index contributed by atoms with van der Waals surface area (Å²) in [4.78, 5) is 34.1. The van der Waals surface area contributed by atoms with Gasteiger partial charge < -0.3 is 19.5 Å². The Morgan fingerprint density at radius 3 is 2.14 bits per heavy atom. The molecule has 0 bridgehead atoms. The van der Waals surface area contributed by atoms with Crippen LogP contribution >= 0.6 is 0 Å². The molecule has 0 radical (unpaired) electrons. The summed E-state index contributed by atoms with van der Waals surface area (Å²) >= 11 is 0. The molecule has 11 nitrogen and oxygen atoms in total. The molecule has 0 spiro atoms. The molecule has 1 aromatic heterocycles. The lowest BCUT2D eigenvalue weighted by Gasteiger charge is -2.18. The van der Waals surface area contributed by atoms with Gasteiger partial charge in [0.1, 0.15) is 5.82 Å². The van der Waals surface area contributed by atoms with Crippen molar-refractivity contribution in [2.45, 2.75) is 46.5 Å². The molecule has 0 saturated heterocycles. The molecule has 1 aliphatic rings. The number of rotatable bonds is 6. The summed E-state index contributed by atoms with van der Waals surface area (Å²) in [6, 6.07) is 4.41. The zero-order valence-corrected chi connectivity index (χ0v) is 21.3. The van der Waals surface area contributed by atoms with E-state index in [4.69, 9.17) is 14.2 Å². The van der Waals surface area contributed by atoms with Gasteiger partial charge in [-0.2, -0.15) is 14.8 Å². The van der Waals surface area contributed by atoms with Crippen LogP contribution in [0, 0.1) is 5.92 Å². The molecule has 0 aliphatic carbocycles. The molecule has 1 atom stereocenters. The van der Waals surface area contributed by atoms with Gasteiger partial charge in [0.2, 0.25) is 5.75 Å². The molecule has 3 amide bonds. The van der Waals surface area contributed by atoms with Gasteiger partial charge in [-0.3, -0.25) is 10.1 Å². The normalized spacial score (nSPS) is 15.8. The SMILES string of the molecule is CCC1C(=O)N=C(n2nc(C(C)(C)C)cc2NC(=O)Nc2cc(OC)c(OC)c(OC)c2)N=C1C. The van der Waals surface area contributed by atoms with Gasteiger partial charge in [0.15, 0.2) is 11.5 Å². The fourth-order valence-electron chi connectivity index (χ4n) is 3.60. The van der Waals surface area contributed by atoms with Crippen molar-refractivity contribution >= 4 is 35.1 Å². The number of aliphatic imine (C=N–C) groups is 2. The molecule has 2 heterocycles. The number of urea groups is 1. The summed E-state index contributed by atoms with van der Waals surface area (Å²) in [5.41, 5.74) is 1.45. The van der Waals surface area contributed by atoms with Gasteiger partial charge in [-0.15, -0.1) is 0 Å². The summed E-state index contributed by atoms with van der Waals surface area (Å²) in [6.45, 7) is 9.69. The molecule has 2 N–H and O–H groups in total. The van der Waals surface area contributed by atoms with E-state index in [2.05, 4.69) is 25.7 Å². The number of anilines is 2. The molecule has 0 fully saturated rings. The number of amides is 3. The van der Waals surface area contributed by atoms with Crippen LogP contribution in [0.5, 0.6) is 17.2 Å². The van der Waals surface area contributed by atoms with Crippen molar-refractivity contribution in [3.05, 3.63) is 23.9 Å².